The normalized spacial score (nSPS) is 17.4. The molecule has 24 heavy (non-hydrogen) atoms. The molecule has 1 amide bonds. The molecule has 2 rings (SSSR count). The van der Waals surface area contributed by atoms with Crippen molar-refractivity contribution < 1.29 is 18.0 Å². The van der Waals surface area contributed by atoms with E-state index >= 15 is 0 Å². The topological polar surface area (TPSA) is 41.1 Å². The number of nitrogens with one attached hydrogen (secondary N) is 2. The molecule has 1 aromatic carbocycles. The molecule has 1 aliphatic carbocycles. The lowest BCUT2D eigenvalue weighted by Crippen LogP contribution is -2.47. The summed E-state index contributed by atoms with van der Waals surface area (Å²) in [6, 6.07) is 5.49. The average Bonchev–Trinajstić information content (AvgIpc) is 2.45. The van der Waals surface area contributed by atoms with E-state index in [4.69, 9.17) is 0 Å². The quantitative estimate of drug-likeness (QED) is 0.811. The molecular weight excluding hydrogens is 341 g/mol. The molecule has 0 radical (unpaired) electrons. The van der Waals surface area contributed by atoms with E-state index in [0.717, 1.165) is 25.3 Å². The third-order valence-corrected chi connectivity index (χ3v) is 4.67. The van der Waals surface area contributed by atoms with Crippen molar-refractivity contribution in [3.8, 4) is 0 Å². The summed E-state index contributed by atoms with van der Waals surface area (Å²) in [7, 11) is 1.78. The van der Waals surface area contributed by atoms with Crippen LogP contribution in [0.3, 0.4) is 0 Å². The highest BCUT2D eigenvalue weighted by molar-refractivity contribution is 5.85. The number of alkyl halides is 3. The first-order valence-corrected chi connectivity index (χ1v) is 7.88. The lowest BCUT2D eigenvalue weighted by Gasteiger charge is -2.43. The average molecular weight is 365 g/mol. The SMILES string of the molecule is CNCC(C)C(=O)NCC1(c2cccc(C(F)(F)F)c2)CCC1.Cl. The van der Waals surface area contributed by atoms with Crippen LogP contribution in [0.1, 0.15) is 37.3 Å². The van der Waals surface area contributed by atoms with Gasteiger partial charge in [-0.2, -0.15) is 13.2 Å². The predicted octanol–water partition coefficient (Wildman–Crippen LogP) is 3.52. The van der Waals surface area contributed by atoms with Gasteiger partial charge in [0.1, 0.15) is 0 Å². The minimum absolute atomic E-state index is 0. The highest BCUT2D eigenvalue weighted by atomic mass is 35.5. The Balaban J connectivity index is 0.00000288. The fraction of sp³-hybridized carbons (Fsp3) is 0.588. The Kier molecular flexibility index (Phi) is 7.10. The minimum atomic E-state index is -4.34. The predicted molar refractivity (Wildman–Crippen MR) is 90.3 cm³/mol. The maximum Gasteiger partial charge on any atom is 0.416 e. The van der Waals surface area contributed by atoms with Crippen LogP contribution in [0.25, 0.3) is 0 Å². The van der Waals surface area contributed by atoms with Crippen LogP contribution in [0.4, 0.5) is 13.2 Å². The summed E-state index contributed by atoms with van der Waals surface area (Å²) >= 11 is 0. The van der Waals surface area contributed by atoms with Crippen molar-refractivity contribution in [3.63, 3.8) is 0 Å². The molecule has 1 saturated carbocycles. The van der Waals surface area contributed by atoms with Gasteiger partial charge < -0.3 is 10.6 Å². The van der Waals surface area contributed by atoms with Crippen molar-refractivity contribution in [3.05, 3.63) is 35.4 Å². The molecule has 0 spiro atoms. The van der Waals surface area contributed by atoms with Crippen LogP contribution < -0.4 is 10.6 Å². The Morgan fingerprint density at radius 1 is 1.33 bits per heavy atom. The van der Waals surface area contributed by atoms with Crippen molar-refractivity contribution >= 4 is 18.3 Å². The first kappa shape index (κ1) is 20.8. The molecule has 3 nitrogen and oxygen atoms in total. The first-order valence-electron chi connectivity index (χ1n) is 7.88. The largest absolute Gasteiger partial charge is 0.416 e. The third-order valence-electron chi connectivity index (χ3n) is 4.67. The molecule has 7 heteroatoms. The lowest BCUT2D eigenvalue weighted by atomic mass is 9.64. The Bertz CT molecular complexity index is 559. The summed E-state index contributed by atoms with van der Waals surface area (Å²) in [5.74, 6) is -0.240. The molecule has 1 atom stereocenters. The van der Waals surface area contributed by atoms with Crippen LogP contribution in [-0.4, -0.2) is 26.0 Å². The van der Waals surface area contributed by atoms with Crippen LogP contribution >= 0.6 is 12.4 Å². The molecule has 2 N–H and O–H groups in total. The molecule has 0 bridgehead atoms. The van der Waals surface area contributed by atoms with E-state index in [1.165, 1.54) is 12.1 Å². The van der Waals surface area contributed by atoms with Crippen LogP contribution in [0.2, 0.25) is 0 Å². The monoisotopic (exact) mass is 364 g/mol. The van der Waals surface area contributed by atoms with Gasteiger partial charge in [0.25, 0.3) is 0 Å². The van der Waals surface area contributed by atoms with E-state index in [1.807, 2.05) is 6.92 Å². The summed E-state index contributed by atoms with van der Waals surface area (Å²) in [5, 5.41) is 5.85. The number of carbonyl (C=O) groups excluding carboxylic acids is 1. The molecule has 1 aromatic rings. The Morgan fingerprint density at radius 2 is 2.00 bits per heavy atom. The van der Waals surface area contributed by atoms with E-state index in [1.54, 1.807) is 13.1 Å². The summed E-state index contributed by atoms with van der Waals surface area (Å²) in [5.41, 5.74) is -0.327. The van der Waals surface area contributed by atoms with E-state index in [0.29, 0.717) is 18.7 Å². The molecular formula is C17H24ClF3N2O. The van der Waals surface area contributed by atoms with Crippen molar-refractivity contribution in [1.29, 1.82) is 0 Å². The molecule has 1 unspecified atom stereocenters. The van der Waals surface area contributed by atoms with E-state index in [-0.39, 0.29) is 29.6 Å². The highest BCUT2D eigenvalue weighted by Crippen LogP contribution is 2.44. The molecule has 1 fully saturated rings. The molecule has 0 heterocycles. The van der Waals surface area contributed by atoms with E-state index in [9.17, 15) is 18.0 Å². The second-order valence-electron chi connectivity index (χ2n) is 6.39. The van der Waals surface area contributed by atoms with Gasteiger partial charge in [0, 0.05) is 24.4 Å². The van der Waals surface area contributed by atoms with Crippen molar-refractivity contribution in [2.24, 2.45) is 5.92 Å². The smallest absolute Gasteiger partial charge is 0.355 e. The van der Waals surface area contributed by atoms with Crippen LogP contribution in [-0.2, 0) is 16.4 Å². The number of benzene rings is 1. The van der Waals surface area contributed by atoms with Gasteiger partial charge in [0.2, 0.25) is 5.91 Å². The zero-order valence-corrected chi connectivity index (χ0v) is 14.7. The van der Waals surface area contributed by atoms with Gasteiger partial charge >= 0.3 is 6.18 Å². The zero-order chi connectivity index (χ0) is 17.1. The number of rotatable bonds is 6. The van der Waals surface area contributed by atoms with E-state index < -0.39 is 11.7 Å². The van der Waals surface area contributed by atoms with Crippen molar-refractivity contribution in [2.45, 2.75) is 37.8 Å². The minimum Gasteiger partial charge on any atom is -0.355 e. The summed E-state index contributed by atoms with van der Waals surface area (Å²) in [6.07, 6.45) is -1.77. The maximum absolute atomic E-state index is 12.9. The van der Waals surface area contributed by atoms with Gasteiger partial charge in [-0.1, -0.05) is 31.5 Å². The standard InChI is InChI=1S/C17H23F3N2O.ClH/c1-12(10-21-2)15(23)22-11-16(7-4-8-16)13-5-3-6-14(9-13)17(18,19)20;/h3,5-6,9,12,21H,4,7-8,10-11H2,1-2H3,(H,22,23);1H. The number of hydrogen-bond donors (Lipinski definition) is 2. The Hall–Kier alpha value is -1.27. The zero-order valence-electron chi connectivity index (χ0n) is 13.9. The summed E-state index contributed by atoms with van der Waals surface area (Å²) in [6.45, 7) is 2.78. The second-order valence-corrected chi connectivity index (χ2v) is 6.39. The van der Waals surface area contributed by atoms with Crippen molar-refractivity contribution in [2.75, 3.05) is 20.1 Å². The van der Waals surface area contributed by atoms with E-state index in [2.05, 4.69) is 10.6 Å². The van der Waals surface area contributed by atoms with Crippen LogP contribution in [0, 0.1) is 5.92 Å². The second kappa shape index (κ2) is 8.21. The molecule has 0 saturated heterocycles. The number of halogens is 4. The molecule has 0 aromatic heterocycles. The van der Waals surface area contributed by atoms with Gasteiger partial charge in [-0.05, 0) is 31.5 Å². The maximum atomic E-state index is 12.9. The first-order chi connectivity index (χ1) is 10.8. The fourth-order valence-corrected chi connectivity index (χ4v) is 3.03. The number of hydrogen-bond acceptors (Lipinski definition) is 2. The van der Waals surface area contributed by atoms with Gasteiger partial charge in [-0.25, -0.2) is 0 Å². The molecule has 0 aliphatic heterocycles. The van der Waals surface area contributed by atoms with Gasteiger partial charge in [-0.15, -0.1) is 12.4 Å². The highest BCUT2D eigenvalue weighted by Gasteiger charge is 2.40. The Labute approximate surface area is 146 Å². The number of carbonyl (C=O) groups is 1. The molecule has 1 aliphatic rings. The lowest BCUT2D eigenvalue weighted by molar-refractivity contribution is -0.137. The van der Waals surface area contributed by atoms with Crippen molar-refractivity contribution in [1.82, 2.24) is 10.6 Å². The number of amides is 1. The summed E-state index contributed by atoms with van der Waals surface area (Å²) < 4.78 is 38.7. The van der Waals surface area contributed by atoms with Gasteiger partial charge in [0.15, 0.2) is 0 Å². The molecule has 136 valence electrons. The fourth-order valence-electron chi connectivity index (χ4n) is 3.03. The third kappa shape index (κ3) is 4.63. The van der Waals surface area contributed by atoms with Crippen LogP contribution in [0.15, 0.2) is 24.3 Å². The van der Waals surface area contributed by atoms with Gasteiger partial charge in [-0.3, -0.25) is 4.79 Å². The van der Waals surface area contributed by atoms with Crippen LogP contribution in [0.5, 0.6) is 0 Å². The summed E-state index contributed by atoms with van der Waals surface area (Å²) in [4.78, 5) is 12.0. The van der Waals surface area contributed by atoms with Gasteiger partial charge in [0.05, 0.1) is 5.56 Å². The Morgan fingerprint density at radius 3 is 2.50 bits per heavy atom.